The van der Waals surface area contributed by atoms with Crippen LogP contribution in [0, 0.1) is 24.2 Å². The van der Waals surface area contributed by atoms with Crippen LogP contribution in [0.15, 0.2) is 48.6 Å². The third-order valence-electron chi connectivity index (χ3n) is 5.24. The number of hydrogen-bond acceptors (Lipinski definition) is 4. The second-order valence-electron chi connectivity index (χ2n) is 6.72. The highest BCUT2D eigenvalue weighted by Crippen LogP contribution is 2.39. The Kier molecular flexibility index (Phi) is 5.70. The van der Waals surface area contributed by atoms with Crippen molar-refractivity contribution in [1.29, 1.82) is 0 Å². The van der Waals surface area contributed by atoms with Crippen LogP contribution in [0.2, 0.25) is 0 Å². The van der Waals surface area contributed by atoms with Crippen LogP contribution in [0.3, 0.4) is 0 Å². The molecule has 1 fully saturated rings. The predicted molar refractivity (Wildman–Crippen MR) is 101 cm³/mol. The number of hydrogen-bond donors (Lipinski definition) is 0. The maximum Gasteiger partial charge on any atom is 0.323 e. The van der Waals surface area contributed by atoms with Crippen LogP contribution in [-0.4, -0.2) is 42.4 Å². The minimum absolute atomic E-state index is 0.0479. The number of carbonyl (C=O) groups excluding carboxylic acids is 2. The first-order chi connectivity index (χ1) is 12.7. The van der Waals surface area contributed by atoms with Crippen LogP contribution in [0.4, 0.5) is 0 Å². The molecule has 0 unspecified atom stereocenters. The van der Waals surface area contributed by atoms with Crippen molar-refractivity contribution in [3.05, 3.63) is 54.1 Å². The molecule has 134 valence electrons. The molecule has 0 N–H and O–H groups in total. The van der Waals surface area contributed by atoms with Gasteiger partial charge >= 0.3 is 5.97 Å². The molecule has 0 aromatic heterocycles. The Morgan fingerprint density at radius 3 is 2.85 bits per heavy atom. The Hall–Kier alpha value is -2.64. The van der Waals surface area contributed by atoms with Crippen molar-refractivity contribution in [1.82, 2.24) is 4.90 Å². The van der Waals surface area contributed by atoms with Gasteiger partial charge in [0.2, 0.25) is 0 Å². The molecule has 1 heterocycles. The number of ketones is 1. The number of benzene rings is 1. The minimum Gasteiger partial charge on any atom is -0.468 e. The van der Waals surface area contributed by atoms with Crippen molar-refractivity contribution in [2.75, 3.05) is 13.7 Å². The lowest BCUT2D eigenvalue weighted by molar-refractivity contribution is -0.146. The zero-order valence-electron chi connectivity index (χ0n) is 14.9. The normalized spacial score (nSPS) is 28.1. The van der Waals surface area contributed by atoms with E-state index in [0.29, 0.717) is 19.4 Å². The van der Waals surface area contributed by atoms with Crippen molar-refractivity contribution in [2.45, 2.75) is 24.9 Å². The first-order valence-electron chi connectivity index (χ1n) is 8.86. The molecule has 4 nitrogen and oxygen atoms in total. The van der Waals surface area contributed by atoms with Crippen molar-refractivity contribution < 1.29 is 14.3 Å². The first-order valence-corrected chi connectivity index (χ1v) is 8.86. The number of methoxy groups -OCH3 is 1. The summed E-state index contributed by atoms with van der Waals surface area (Å²) >= 11 is 0. The van der Waals surface area contributed by atoms with Crippen molar-refractivity contribution >= 4 is 17.8 Å². The summed E-state index contributed by atoms with van der Waals surface area (Å²) in [5.41, 5.74) is 1.10. The fourth-order valence-electron chi connectivity index (χ4n) is 4.06. The van der Waals surface area contributed by atoms with Gasteiger partial charge in [0, 0.05) is 24.9 Å². The van der Waals surface area contributed by atoms with Gasteiger partial charge < -0.3 is 4.74 Å². The first kappa shape index (κ1) is 18.2. The van der Waals surface area contributed by atoms with E-state index in [2.05, 4.69) is 10.8 Å². The third kappa shape index (κ3) is 3.63. The lowest BCUT2D eigenvalue weighted by Crippen LogP contribution is -2.48. The van der Waals surface area contributed by atoms with Gasteiger partial charge in [0.15, 0.2) is 5.78 Å². The van der Waals surface area contributed by atoms with Gasteiger partial charge in [-0.05, 0) is 24.0 Å². The van der Waals surface area contributed by atoms with Crippen LogP contribution < -0.4 is 0 Å². The molecule has 3 rings (SSSR count). The fourth-order valence-corrected chi connectivity index (χ4v) is 4.06. The highest BCUT2D eigenvalue weighted by Gasteiger charge is 2.49. The van der Waals surface area contributed by atoms with E-state index < -0.39 is 0 Å². The number of ether oxygens (including phenoxy) is 1. The Balaban J connectivity index is 1.85. The summed E-state index contributed by atoms with van der Waals surface area (Å²) in [6.45, 7) is 0.567. The monoisotopic (exact) mass is 349 g/mol. The van der Waals surface area contributed by atoms with Gasteiger partial charge in [0.05, 0.1) is 7.11 Å². The molecule has 1 aliphatic carbocycles. The number of likely N-dealkylation sites (tertiary alicyclic amines) is 1. The Labute approximate surface area is 154 Å². The number of fused-ring (bicyclic) bond motifs is 1. The highest BCUT2D eigenvalue weighted by molar-refractivity contribution is 5.94. The molecule has 2 aliphatic rings. The van der Waals surface area contributed by atoms with E-state index in [1.165, 1.54) is 7.11 Å². The zero-order chi connectivity index (χ0) is 18.5. The lowest BCUT2D eigenvalue weighted by Gasteiger charge is -2.35. The largest absolute Gasteiger partial charge is 0.468 e. The summed E-state index contributed by atoms with van der Waals surface area (Å²) in [6, 6.07) is 9.57. The average molecular weight is 349 g/mol. The van der Waals surface area contributed by atoms with E-state index in [4.69, 9.17) is 11.2 Å². The smallest absolute Gasteiger partial charge is 0.323 e. The molecule has 0 amide bonds. The van der Waals surface area contributed by atoms with Gasteiger partial charge in [-0.15, -0.1) is 12.3 Å². The molecule has 26 heavy (non-hydrogen) atoms. The van der Waals surface area contributed by atoms with Gasteiger partial charge in [-0.1, -0.05) is 48.6 Å². The molecular weight excluding hydrogens is 326 g/mol. The van der Waals surface area contributed by atoms with Gasteiger partial charge in [-0.3, -0.25) is 14.5 Å². The molecule has 0 spiro atoms. The summed E-state index contributed by atoms with van der Waals surface area (Å²) in [6.07, 6.45) is 14.1. The maximum absolute atomic E-state index is 12.4. The number of terminal acetylenes is 1. The van der Waals surface area contributed by atoms with Crippen LogP contribution in [0.25, 0.3) is 6.08 Å². The molecular formula is C22H23NO3. The van der Waals surface area contributed by atoms with Crippen LogP contribution in [0.1, 0.15) is 18.4 Å². The SMILES string of the molecule is C#CC[C@@H]1C(=O)C=C[C@H]2C[C@@H](C(=O)OC)N(C/C=C/c3ccccc3)[C@H]12. The number of rotatable bonds is 5. The van der Waals surface area contributed by atoms with Crippen LogP contribution in [0.5, 0.6) is 0 Å². The van der Waals surface area contributed by atoms with Crippen molar-refractivity contribution in [2.24, 2.45) is 11.8 Å². The molecule has 0 bridgehead atoms. The topological polar surface area (TPSA) is 46.6 Å². The summed E-state index contributed by atoms with van der Waals surface area (Å²) in [7, 11) is 1.40. The standard InChI is InChI=1S/C22H23NO3/c1-3-8-18-20(24)13-12-17-15-19(22(25)26-2)23(21(17)18)14-7-11-16-9-5-4-6-10-16/h1,4-7,9-13,17-19,21H,8,14-15H2,2H3/b11-7+/t17-,18+,19-,21-/m0/s1. The predicted octanol–water partition coefficient (Wildman–Crippen LogP) is 2.71. The van der Waals surface area contributed by atoms with Gasteiger partial charge in [-0.25, -0.2) is 0 Å². The van der Waals surface area contributed by atoms with Crippen LogP contribution >= 0.6 is 0 Å². The van der Waals surface area contributed by atoms with Crippen molar-refractivity contribution in [3.63, 3.8) is 0 Å². The van der Waals surface area contributed by atoms with Gasteiger partial charge in [0.1, 0.15) is 6.04 Å². The Morgan fingerprint density at radius 1 is 1.38 bits per heavy atom. The average Bonchev–Trinajstić information content (AvgIpc) is 3.03. The van der Waals surface area contributed by atoms with E-state index in [1.807, 2.05) is 48.6 Å². The molecule has 1 aromatic rings. The summed E-state index contributed by atoms with van der Waals surface area (Å²) in [5, 5.41) is 0. The fraction of sp³-hybridized carbons (Fsp3) is 0.364. The number of nitrogens with zero attached hydrogens (tertiary/aromatic N) is 1. The molecule has 1 aromatic carbocycles. The zero-order valence-corrected chi connectivity index (χ0v) is 14.9. The molecule has 0 radical (unpaired) electrons. The second-order valence-corrected chi connectivity index (χ2v) is 6.72. The minimum atomic E-state index is -0.355. The van der Waals surface area contributed by atoms with E-state index in [0.717, 1.165) is 5.56 Å². The molecule has 4 atom stereocenters. The summed E-state index contributed by atoms with van der Waals surface area (Å²) in [5.74, 6) is 2.29. The lowest BCUT2D eigenvalue weighted by atomic mass is 9.79. The van der Waals surface area contributed by atoms with Crippen LogP contribution in [-0.2, 0) is 14.3 Å². The van der Waals surface area contributed by atoms with E-state index >= 15 is 0 Å². The molecule has 1 saturated heterocycles. The number of carbonyl (C=O) groups is 2. The quantitative estimate of drug-likeness (QED) is 0.606. The maximum atomic E-state index is 12.4. The van der Waals surface area contributed by atoms with Crippen molar-refractivity contribution in [3.8, 4) is 12.3 Å². The Bertz CT molecular complexity index is 759. The van der Waals surface area contributed by atoms with E-state index in [9.17, 15) is 9.59 Å². The number of allylic oxidation sites excluding steroid dienone is 1. The van der Waals surface area contributed by atoms with Gasteiger partial charge in [-0.2, -0.15) is 0 Å². The van der Waals surface area contributed by atoms with E-state index in [-0.39, 0.29) is 35.7 Å². The molecule has 0 saturated carbocycles. The summed E-state index contributed by atoms with van der Waals surface area (Å²) < 4.78 is 5.00. The van der Waals surface area contributed by atoms with E-state index in [1.54, 1.807) is 6.08 Å². The molecule has 4 heteroatoms. The highest BCUT2D eigenvalue weighted by atomic mass is 16.5. The third-order valence-corrected chi connectivity index (χ3v) is 5.24. The Morgan fingerprint density at radius 2 is 2.15 bits per heavy atom. The second kappa shape index (κ2) is 8.16. The molecule has 1 aliphatic heterocycles. The van der Waals surface area contributed by atoms with Gasteiger partial charge in [0.25, 0.3) is 0 Å². The number of esters is 1. The summed E-state index contributed by atoms with van der Waals surface area (Å²) in [4.78, 5) is 26.8.